The van der Waals surface area contributed by atoms with Crippen LogP contribution in [0.4, 0.5) is 10.5 Å². The number of anilines is 1. The summed E-state index contributed by atoms with van der Waals surface area (Å²) < 4.78 is 0. The highest BCUT2D eigenvalue weighted by atomic mass is 35.5. The molecule has 0 spiro atoms. The summed E-state index contributed by atoms with van der Waals surface area (Å²) in [5, 5.41) is 14.1. The van der Waals surface area contributed by atoms with Gasteiger partial charge < -0.3 is 15.3 Å². The first kappa shape index (κ1) is 21.4. The summed E-state index contributed by atoms with van der Waals surface area (Å²) in [5.74, 6) is -0.236. The third kappa shape index (κ3) is 3.20. The Morgan fingerprint density at radius 1 is 1.06 bits per heavy atom. The first-order valence-corrected chi connectivity index (χ1v) is 12.2. The molecule has 2 N–H and O–H groups in total. The molecule has 2 heterocycles. The molecule has 0 radical (unpaired) electrons. The summed E-state index contributed by atoms with van der Waals surface area (Å²) in [6.07, 6.45) is 1.53. The predicted octanol–water partition coefficient (Wildman–Crippen LogP) is 4.65. The Kier molecular flexibility index (Phi) is 5.04. The average Bonchev–Trinajstić information content (AvgIpc) is 3.34. The van der Waals surface area contributed by atoms with Crippen LogP contribution in [-0.2, 0) is 16.1 Å². The second-order valence-corrected chi connectivity index (χ2v) is 10.1. The molecule has 174 valence electrons. The maximum absolute atomic E-state index is 13.6. The zero-order valence-corrected chi connectivity index (χ0v) is 19.5. The van der Waals surface area contributed by atoms with Gasteiger partial charge in [-0.1, -0.05) is 54.6 Å². The Bertz CT molecular complexity index is 1300. The monoisotopic (exact) mass is 475 g/mol. The van der Waals surface area contributed by atoms with Crippen molar-refractivity contribution in [2.75, 3.05) is 24.5 Å². The molecule has 3 aromatic carbocycles. The topological polar surface area (TPSA) is 72.9 Å². The SMILES string of the molecule is O=C(O)NCC1(Cl)C(=O)N(C2CCN(C3Cc4cccc5cccc3c45)CC2)c2ccccc21. The average molecular weight is 476 g/mol. The van der Waals surface area contributed by atoms with Crippen molar-refractivity contribution in [1.82, 2.24) is 10.2 Å². The van der Waals surface area contributed by atoms with Crippen molar-refractivity contribution >= 4 is 40.1 Å². The lowest BCUT2D eigenvalue weighted by Gasteiger charge is -2.40. The second kappa shape index (κ2) is 8.00. The van der Waals surface area contributed by atoms with Crippen LogP contribution in [0.5, 0.6) is 0 Å². The van der Waals surface area contributed by atoms with E-state index < -0.39 is 11.0 Å². The van der Waals surface area contributed by atoms with Gasteiger partial charge in [0.1, 0.15) is 0 Å². The molecule has 1 fully saturated rings. The maximum atomic E-state index is 13.6. The minimum atomic E-state index is -1.41. The molecule has 3 aromatic rings. The molecule has 2 atom stereocenters. The van der Waals surface area contributed by atoms with Crippen LogP contribution in [0.15, 0.2) is 60.7 Å². The van der Waals surface area contributed by atoms with E-state index in [9.17, 15) is 9.59 Å². The number of benzene rings is 3. The number of nitrogens with zero attached hydrogens (tertiary/aromatic N) is 2. The van der Waals surface area contributed by atoms with Gasteiger partial charge in [-0.05, 0) is 47.2 Å². The zero-order chi connectivity index (χ0) is 23.4. The maximum Gasteiger partial charge on any atom is 0.404 e. The van der Waals surface area contributed by atoms with E-state index in [0.29, 0.717) is 11.6 Å². The van der Waals surface area contributed by atoms with Gasteiger partial charge in [0.15, 0.2) is 4.87 Å². The first-order chi connectivity index (χ1) is 16.5. The van der Waals surface area contributed by atoms with Crippen LogP contribution in [0.3, 0.4) is 0 Å². The minimum Gasteiger partial charge on any atom is -0.465 e. The standard InChI is InChI=1S/C27H26ClN3O3/c28-27(16-29-26(33)34)21-9-1-2-10-22(21)31(25(27)32)19-11-13-30(14-12-19)23-15-18-7-3-5-17-6-4-8-20(23)24(17)18/h1-10,19,23,29H,11-16H2,(H,33,34). The van der Waals surface area contributed by atoms with Crippen molar-refractivity contribution in [2.45, 2.75) is 36.2 Å². The molecule has 6 nitrogen and oxygen atoms in total. The van der Waals surface area contributed by atoms with E-state index in [1.54, 1.807) is 0 Å². The molecule has 1 saturated heterocycles. The molecule has 2 amide bonds. The number of likely N-dealkylation sites (tertiary alicyclic amines) is 1. The van der Waals surface area contributed by atoms with Crippen LogP contribution in [0.25, 0.3) is 10.8 Å². The summed E-state index contributed by atoms with van der Waals surface area (Å²) in [7, 11) is 0. The number of carboxylic acid groups (broad SMARTS) is 1. The molecule has 0 bridgehead atoms. The Balaban J connectivity index is 1.22. The molecular formula is C27H26ClN3O3. The number of hydrogen-bond acceptors (Lipinski definition) is 3. The zero-order valence-electron chi connectivity index (χ0n) is 18.7. The lowest BCUT2D eigenvalue weighted by atomic mass is 9.98. The van der Waals surface area contributed by atoms with E-state index in [1.807, 2.05) is 29.2 Å². The van der Waals surface area contributed by atoms with E-state index in [1.165, 1.54) is 21.9 Å². The quantitative estimate of drug-likeness (QED) is 0.539. The summed E-state index contributed by atoms with van der Waals surface area (Å²) in [6, 6.07) is 21.1. The van der Waals surface area contributed by atoms with Crippen LogP contribution in [0.2, 0.25) is 0 Å². The number of halogens is 1. The lowest BCUT2D eigenvalue weighted by molar-refractivity contribution is -0.121. The Hall–Kier alpha value is -3.09. The largest absolute Gasteiger partial charge is 0.465 e. The Morgan fingerprint density at radius 3 is 2.56 bits per heavy atom. The number of piperidine rings is 1. The first-order valence-electron chi connectivity index (χ1n) is 11.8. The van der Waals surface area contributed by atoms with Crippen molar-refractivity contribution in [3.63, 3.8) is 0 Å². The number of nitrogens with one attached hydrogen (secondary N) is 1. The van der Waals surface area contributed by atoms with E-state index in [2.05, 4.69) is 46.6 Å². The van der Waals surface area contributed by atoms with Gasteiger partial charge in [0.05, 0.1) is 6.54 Å². The van der Waals surface area contributed by atoms with Gasteiger partial charge in [-0.15, -0.1) is 11.6 Å². The predicted molar refractivity (Wildman–Crippen MR) is 132 cm³/mol. The van der Waals surface area contributed by atoms with E-state index in [4.69, 9.17) is 16.7 Å². The molecule has 0 saturated carbocycles. The van der Waals surface area contributed by atoms with Crippen molar-refractivity contribution in [2.24, 2.45) is 0 Å². The van der Waals surface area contributed by atoms with Gasteiger partial charge in [0.25, 0.3) is 5.91 Å². The number of alkyl halides is 1. The fourth-order valence-corrected chi connectivity index (χ4v) is 6.48. The molecule has 6 rings (SSSR count). The molecular weight excluding hydrogens is 450 g/mol. The van der Waals surface area contributed by atoms with Crippen molar-refractivity contribution < 1.29 is 14.7 Å². The molecule has 7 heteroatoms. The molecule has 2 unspecified atom stereocenters. The molecule has 2 aliphatic heterocycles. The van der Waals surface area contributed by atoms with Gasteiger partial charge in [0, 0.05) is 36.4 Å². The minimum absolute atomic E-state index is 0.0370. The number of carbonyl (C=O) groups is 2. The number of hydrogen-bond donors (Lipinski definition) is 2. The molecule has 0 aromatic heterocycles. The van der Waals surface area contributed by atoms with Gasteiger partial charge in [0.2, 0.25) is 0 Å². The van der Waals surface area contributed by atoms with Crippen LogP contribution < -0.4 is 10.2 Å². The van der Waals surface area contributed by atoms with Crippen LogP contribution in [-0.4, -0.2) is 47.7 Å². The highest BCUT2D eigenvalue weighted by Crippen LogP contribution is 2.47. The summed E-state index contributed by atoms with van der Waals surface area (Å²) in [6.45, 7) is 1.64. The molecule has 3 aliphatic rings. The third-order valence-corrected chi connectivity index (χ3v) is 8.23. The van der Waals surface area contributed by atoms with E-state index >= 15 is 0 Å². The Labute approximate surface area is 203 Å². The third-order valence-electron chi connectivity index (χ3n) is 7.73. The highest BCUT2D eigenvalue weighted by molar-refractivity contribution is 6.39. The number of fused-ring (bicyclic) bond motifs is 1. The van der Waals surface area contributed by atoms with Gasteiger partial charge in [-0.3, -0.25) is 9.69 Å². The summed E-state index contributed by atoms with van der Waals surface area (Å²) in [5.41, 5.74) is 4.30. The smallest absolute Gasteiger partial charge is 0.404 e. The Morgan fingerprint density at radius 2 is 1.79 bits per heavy atom. The van der Waals surface area contributed by atoms with Crippen molar-refractivity contribution in [3.8, 4) is 0 Å². The van der Waals surface area contributed by atoms with E-state index in [0.717, 1.165) is 38.0 Å². The number of amides is 2. The number of carbonyl (C=O) groups excluding carboxylic acids is 1. The van der Waals surface area contributed by atoms with Crippen LogP contribution >= 0.6 is 11.6 Å². The van der Waals surface area contributed by atoms with Crippen LogP contribution in [0.1, 0.15) is 35.6 Å². The second-order valence-electron chi connectivity index (χ2n) is 9.50. The van der Waals surface area contributed by atoms with Gasteiger partial charge in [-0.2, -0.15) is 0 Å². The number of para-hydroxylation sites is 1. The summed E-state index contributed by atoms with van der Waals surface area (Å²) in [4.78, 5) is 27.6. The van der Waals surface area contributed by atoms with Gasteiger partial charge in [-0.25, -0.2) is 4.79 Å². The fraction of sp³-hybridized carbons (Fsp3) is 0.333. The number of rotatable bonds is 4. The van der Waals surface area contributed by atoms with Crippen molar-refractivity contribution in [3.05, 3.63) is 77.4 Å². The highest BCUT2D eigenvalue weighted by Gasteiger charge is 2.52. The lowest BCUT2D eigenvalue weighted by Crippen LogP contribution is -2.51. The fourth-order valence-electron chi connectivity index (χ4n) is 6.16. The summed E-state index contributed by atoms with van der Waals surface area (Å²) >= 11 is 6.81. The van der Waals surface area contributed by atoms with E-state index in [-0.39, 0.29) is 18.5 Å². The van der Waals surface area contributed by atoms with Gasteiger partial charge >= 0.3 is 6.09 Å². The van der Waals surface area contributed by atoms with Crippen molar-refractivity contribution in [1.29, 1.82) is 0 Å². The molecule has 34 heavy (non-hydrogen) atoms. The van der Waals surface area contributed by atoms with Crippen LogP contribution in [0, 0.1) is 0 Å². The molecule has 1 aliphatic carbocycles. The normalized spacial score (nSPS) is 24.6.